The standard InChI is InChI=1S/C39H74O15Si2/c1-24-30(19-49-28(5)40)32-34(42)39(45)31(20-50-29(6)41)36(7,53-23-48-16-18-56(12,13)14)35(52-21-46-8)26(3)38(44,54-39)27(4)37(32,43)25(2)33(24)51-22-47-15-17-55(9,10)11/h24-27,30-35,42-45H,15-23H2,1-14H3/t24-,25-,26+,27+,30+,31-,32+,33-,34+,35-,36-,37-,38?,39?/m1/s1. The van der Waals surface area contributed by atoms with Crippen molar-refractivity contribution in [1.82, 2.24) is 0 Å². The maximum atomic E-state index is 13.3. The van der Waals surface area contributed by atoms with Crippen LogP contribution in [0.4, 0.5) is 0 Å². The Balaban J connectivity index is 2.25. The third-order valence-electron chi connectivity index (χ3n) is 12.8. The first-order chi connectivity index (χ1) is 25.7. The summed E-state index contributed by atoms with van der Waals surface area (Å²) in [4.78, 5) is 24.7. The number of hydrogen-bond acceptors (Lipinski definition) is 15. The molecule has 2 heterocycles. The van der Waals surface area contributed by atoms with Gasteiger partial charge in [0.1, 0.15) is 38.7 Å². The van der Waals surface area contributed by atoms with Gasteiger partial charge in [0.25, 0.3) is 0 Å². The molecule has 0 amide bonds. The van der Waals surface area contributed by atoms with Crippen LogP contribution < -0.4 is 0 Å². The van der Waals surface area contributed by atoms with Gasteiger partial charge in [-0.15, -0.1) is 0 Å². The van der Waals surface area contributed by atoms with Crippen LogP contribution in [0.5, 0.6) is 0 Å². The van der Waals surface area contributed by atoms with Gasteiger partial charge < -0.3 is 63.1 Å². The van der Waals surface area contributed by atoms with Gasteiger partial charge in [-0.3, -0.25) is 9.59 Å². The maximum Gasteiger partial charge on any atom is 0.302 e. The van der Waals surface area contributed by atoms with Crippen molar-refractivity contribution in [2.24, 2.45) is 41.4 Å². The van der Waals surface area contributed by atoms with E-state index < -0.39 is 117 Å². The van der Waals surface area contributed by atoms with Gasteiger partial charge >= 0.3 is 11.9 Å². The Labute approximate surface area is 336 Å². The van der Waals surface area contributed by atoms with Crippen molar-refractivity contribution in [3.05, 3.63) is 0 Å². The fourth-order valence-corrected chi connectivity index (χ4v) is 10.8. The molecule has 2 aliphatic heterocycles. The van der Waals surface area contributed by atoms with Crippen LogP contribution in [0, 0.1) is 41.4 Å². The van der Waals surface area contributed by atoms with E-state index in [0.717, 1.165) is 12.1 Å². The predicted molar refractivity (Wildman–Crippen MR) is 211 cm³/mol. The number of aliphatic hydroxyl groups is 4. The Morgan fingerprint density at radius 2 is 1.29 bits per heavy atom. The average molecular weight is 839 g/mol. The van der Waals surface area contributed by atoms with Gasteiger partial charge in [0.05, 0.1) is 30.3 Å². The lowest BCUT2D eigenvalue weighted by Gasteiger charge is -2.59. The molecular formula is C39H74O15Si2. The van der Waals surface area contributed by atoms with E-state index in [2.05, 4.69) is 39.3 Å². The molecule has 0 aromatic carbocycles. The van der Waals surface area contributed by atoms with Crippen LogP contribution in [0.2, 0.25) is 51.4 Å². The summed E-state index contributed by atoms with van der Waals surface area (Å²) in [5.41, 5.74) is -3.74. The average Bonchev–Trinajstić information content (AvgIpc) is 3.16. The number of fused-ring (bicyclic) bond motifs is 3. The van der Waals surface area contributed by atoms with Crippen molar-refractivity contribution >= 4 is 28.1 Å². The maximum absolute atomic E-state index is 13.3. The molecule has 0 aromatic rings. The van der Waals surface area contributed by atoms with E-state index >= 15 is 0 Å². The largest absolute Gasteiger partial charge is 0.466 e. The molecular weight excluding hydrogens is 765 g/mol. The van der Waals surface area contributed by atoms with E-state index in [1.54, 1.807) is 27.7 Å². The Morgan fingerprint density at radius 3 is 1.80 bits per heavy atom. The Morgan fingerprint density at radius 1 is 0.750 bits per heavy atom. The summed E-state index contributed by atoms with van der Waals surface area (Å²) in [6.45, 7) is 23.8. The van der Waals surface area contributed by atoms with Crippen molar-refractivity contribution in [2.45, 2.75) is 141 Å². The van der Waals surface area contributed by atoms with E-state index in [0.29, 0.717) is 13.2 Å². The van der Waals surface area contributed by atoms with E-state index in [4.69, 9.17) is 42.6 Å². The van der Waals surface area contributed by atoms with Gasteiger partial charge in [0.2, 0.25) is 5.79 Å². The molecule has 4 N–H and O–H groups in total. The SMILES string of the molecule is COCO[C@@H]1[C@H](C)C2(O)OC(O)([C@@H](O)[C@@H]3[C@@H](COC(C)=O)[C@@H](C)[C@@H](OCOCC[Si](C)(C)C)[C@@H](C)[C@@]3(O)[C@@H]2C)[C@H](COC(C)=O)[C@@]1(C)OCOCC[Si](C)(C)C. The number of carbonyl (C=O) groups is 2. The quantitative estimate of drug-likeness (QED) is 0.0634. The van der Waals surface area contributed by atoms with Crippen LogP contribution in [-0.4, -0.2) is 144 Å². The zero-order valence-electron chi connectivity index (χ0n) is 36.4. The fraction of sp³-hybridized carbons (Fsp3) is 0.949. The molecule has 2 bridgehead atoms. The highest BCUT2D eigenvalue weighted by Gasteiger charge is 2.77. The van der Waals surface area contributed by atoms with E-state index in [9.17, 15) is 30.0 Å². The van der Waals surface area contributed by atoms with Crippen molar-refractivity contribution in [3.63, 3.8) is 0 Å². The molecule has 2 saturated heterocycles. The molecule has 14 atom stereocenters. The number of hydrogen-bond donors (Lipinski definition) is 4. The molecule has 56 heavy (non-hydrogen) atoms. The molecule has 3 aliphatic rings. The van der Waals surface area contributed by atoms with Crippen LogP contribution in [0.3, 0.4) is 0 Å². The number of methoxy groups -OCH3 is 1. The van der Waals surface area contributed by atoms with Crippen LogP contribution in [0.15, 0.2) is 0 Å². The van der Waals surface area contributed by atoms with Crippen molar-refractivity contribution in [2.75, 3.05) is 53.9 Å². The van der Waals surface area contributed by atoms with Crippen molar-refractivity contribution in [1.29, 1.82) is 0 Å². The zero-order chi connectivity index (χ0) is 42.7. The zero-order valence-corrected chi connectivity index (χ0v) is 38.4. The molecule has 1 aliphatic carbocycles. The highest BCUT2D eigenvalue weighted by Crippen LogP contribution is 2.62. The minimum Gasteiger partial charge on any atom is -0.466 e. The second-order valence-corrected chi connectivity index (χ2v) is 30.3. The molecule has 3 rings (SSSR count). The topological polar surface area (TPSA) is 198 Å². The number of esters is 2. The van der Waals surface area contributed by atoms with E-state index in [1.807, 2.05) is 6.92 Å². The highest BCUT2D eigenvalue weighted by atomic mass is 28.3. The van der Waals surface area contributed by atoms with E-state index in [1.165, 1.54) is 21.0 Å². The van der Waals surface area contributed by atoms with Gasteiger partial charge in [0, 0.05) is 79.9 Å². The first-order valence-electron chi connectivity index (χ1n) is 20.1. The van der Waals surface area contributed by atoms with Crippen LogP contribution in [0.1, 0.15) is 48.5 Å². The Hall–Kier alpha value is -1.07. The molecule has 0 spiro atoms. The second kappa shape index (κ2) is 19.1. The molecule has 15 nitrogen and oxygen atoms in total. The molecule has 17 heteroatoms. The first kappa shape index (κ1) is 49.3. The van der Waals surface area contributed by atoms with Crippen molar-refractivity contribution < 1.29 is 72.6 Å². The van der Waals surface area contributed by atoms with Gasteiger partial charge in [-0.1, -0.05) is 67.0 Å². The number of aliphatic hydroxyl groups excluding tert-OH is 1. The number of rotatable bonds is 19. The van der Waals surface area contributed by atoms with Crippen molar-refractivity contribution in [3.8, 4) is 0 Å². The lowest BCUT2D eigenvalue weighted by molar-refractivity contribution is -0.396. The second-order valence-electron chi connectivity index (χ2n) is 19.1. The summed E-state index contributed by atoms with van der Waals surface area (Å²) in [5, 5.41) is 52.4. The third kappa shape index (κ3) is 10.6. The lowest BCUT2D eigenvalue weighted by Crippen LogP contribution is -2.72. The number of carbonyl (C=O) groups excluding carboxylic acids is 2. The predicted octanol–water partition coefficient (Wildman–Crippen LogP) is 3.81. The number of ether oxygens (including phenoxy) is 9. The first-order valence-corrected chi connectivity index (χ1v) is 27.5. The minimum absolute atomic E-state index is 0.0734. The molecule has 3 fully saturated rings. The summed E-state index contributed by atoms with van der Waals surface area (Å²) >= 11 is 0. The van der Waals surface area contributed by atoms with E-state index in [-0.39, 0.29) is 27.0 Å². The smallest absolute Gasteiger partial charge is 0.302 e. The summed E-state index contributed by atoms with van der Waals surface area (Å²) in [6.07, 6.45) is -3.88. The van der Waals surface area contributed by atoms with Gasteiger partial charge in [-0.25, -0.2) is 0 Å². The summed E-state index contributed by atoms with van der Waals surface area (Å²) in [5.74, 6) is -13.7. The highest BCUT2D eigenvalue weighted by molar-refractivity contribution is 6.76. The third-order valence-corrected chi connectivity index (χ3v) is 16.2. The Bertz CT molecular complexity index is 1300. The molecule has 0 radical (unpaired) electrons. The minimum atomic E-state index is -2.78. The molecule has 328 valence electrons. The summed E-state index contributed by atoms with van der Waals surface area (Å²) in [7, 11) is -1.43. The van der Waals surface area contributed by atoms with Gasteiger partial charge in [-0.2, -0.15) is 0 Å². The lowest BCUT2D eigenvalue weighted by atomic mass is 9.51. The van der Waals surface area contributed by atoms with Crippen LogP contribution in [0.25, 0.3) is 0 Å². The monoisotopic (exact) mass is 838 g/mol. The van der Waals surface area contributed by atoms with Crippen LogP contribution >= 0.6 is 0 Å². The van der Waals surface area contributed by atoms with Gasteiger partial charge in [-0.05, 0) is 24.9 Å². The molecule has 0 aromatic heterocycles. The molecule has 2 unspecified atom stereocenters. The summed E-state index contributed by atoms with van der Waals surface area (Å²) < 4.78 is 54.1. The molecule has 1 saturated carbocycles. The fourth-order valence-electron chi connectivity index (χ4n) is 9.25. The van der Waals surface area contributed by atoms with Crippen LogP contribution in [-0.2, 0) is 52.2 Å². The normalized spacial score (nSPS) is 40.3. The summed E-state index contributed by atoms with van der Waals surface area (Å²) in [6, 6.07) is 1.77. The van der Waals surface area contributed by atoms with Gasteiger partial charge in [0.15, 0.2) is 5.79 Å². The Kier molecular flexibility index (Phi) is 16.8.